The zero-order valence-corrected chi connectivity index (χ0v) is 17.3. The van der Waals surface area contributed by atoms with Gasteiger partial charge in [-0.2, -0.15) is 0 Å². The normalized spacial score (nSPS) is 23.0. The van der Waals surface area contributed by atoms with Crippen LogP contribution >= 0.6 is 0 Å². The molecule has 1 aromatic carbocycles. The van der Waals surface area contributed by atoms with E-state index in [1.54, 1.807) is 0 Å². The Balaban J connectivity index is 1.90. The first-order valence-electron chi connectivity index (χ1n) is 9.98. The van der Waals surface area contributed by atoms with Gasteiger partial charge in [0.15, 0.2) is 0 Å². The summed E-state index contributed by atoms with van der Waals surface area (Å²) in [6.45, 7) is 9.95. The molecular formula is C24H34O3. The highest BCUT2D eigenvalue weighted by Gasteiger charge is 2.36. The summed E-state index contributed by atoms with van der Waals surface area (Å²) >= 11 is 0. The molecule has 148 valence electrons. The smallest absolute Gasteiger partial charge is 0.302 e. The average Bonchev–Trinajstić information content (AvgIpc) is 2.63. The highest BCUT2D eigenvalue weighted by Crippen LogP contribution is 2.45. The van der Waals surface area contributed by atoms with Crippen LogP contribution in [0.4, 0.5) is 0 Å². The molecule has 0 unspecified atom stereocenters. The molecule has 0 aliphatic heterocycles. The van der Waals surface area contributed by atoms with E-state index in [0.717, 1.165) is 31.4 Å². The molecule has 1 aliphatic rings. The molecule has 0 radical (unpaired) electrons. The van der Waals surface area contributed by atoms with Crippen molar-refractivity contribution in [1.29, 1.82) is 0 Å². The highest BCUT2D eigenvalue weighted by molar-refractivity contribution is 5.66. The molecule has 0 N–H and O–H groups in total. The van der Waals surface area contributed by atoms with Gasteiger partial charge in [-0.1, -0.05) is 55.0 Å². The number of hydrogen-bond donors (Lipinski definition) is 0. The first kappa shape index (κ1) is 21.4. The molecule has 2 rings (SSSR count). The van der Waals surface area contributed by atoms with E-state index in [-0.39, 0.29) is 11.4 Å². The van der Waals surface area contributed by atoms with Crippen LogP contribution in [0.15, 0.2) is 53.6 Å². The lowest BCUT2D eigenvalue weighted by atomic mass is 9.65. The van der Waals surface area contributed by atoms with Crippen LogP contribution < -0.4 is 0 Å². The van der Waals surface area contributed by atoms with E-state index in [4.69, 9.17) is 9.47 Å². The molecule has 2 atom stereocenters. The highest BCUT2D eigenvalue weighted by atomic mass is 16.5. The van der Waals surface area contributed by atoms with E-state index in [2.05, 4.69) is 50.3 Å². The standard InChI is InChI=1S/C24H34O3/c1-19(16-27-21(3)25)10-8-14-24(4)15-9-11-20(2)23(24)18-26-17-22-12-6-5-7-13-22/h5-7,10-13,23H,8-9,14-18H2,1-4H3/b19-10+/t23-,24-/m1/s1. The molecule has 0 saturated heterocycles. The molecule has 0 amide bonds. The Morgan fingerprint density at radius 2 is 2.00 bits per heavy atom. The summed E-state index contributed by atoms with van der Waals surface area (Å²) in [7, 11) is 0. The van der Waals surface area contributed by atoms with Gasteiger partial charge in [-0.15, -0.1) is 0 Å². The zero-order chi connectivity index (χ0) is 19.7. The number of benzene rings is 1. The van der Waals surface area contributed by atoms with Gasteiger partial charge in [-0.25, -0.2) is 0 Å². The zero-order valence-electron chi connectivity index (χ0n) is 17.3. The minimum absolute atomic E-state index is 0.224. The van der Waals surface area contributed by atoms with Gasteiger partial charge < -0.3 is 9.47 Å². The molecule has 1 aromatic rings. The van der Waals surface area contributed by atoms with Gasteiger partial charge in [0.1, 0.15) is 6.61 Å². The van der Waals surface area contributed by atoms with Crippen molar-refractivity contribution in [2.75, 3.05) is 13.2 Å². The van der Waals surface area contributed by atoms with Crippen molar-refractivity contribution < 1.29 is 14.3 Å². The molecule has 0 heterocycles. The molecule has 3 heteroatoms. The van der Waals surface area contributed by atoms with Crippen molar-refractivity contribution in [3.8, 4) is 0 Å². The molecule has 0 fully saturated rings. The Kier molecular flexibility index (Phi) is 8.30. The van der Waals surface area contributed by atoms with Crippen LogP contribution in [0.1, 0.15) is 58.9 Å². The maximum absolute atomic E-state index is 10.9. The fourth-order valence-corrected chi connectivity index (χ4v) is 3.92. The number of esters is 1. The Morgan fingerprint density at radius 3 is 2.70 bits per heavy atom. The second kappa shape index (κ2) is 10.5. The third kappa shape index (κ3) is 6.99. The van der Waals surface area contributed by atoms with Crippen LogP contribution in [0.25, 0.3) is 0 Å². The van der Waals surface area contributed by atoms with Crippen molar-refractivity contribution in [2.24, 2.45) is 11.3 Å². The van der Waals surface area contributed by atoms with Crippen LogP contribution in [0, 0.1) is 11.3 Å². The number of carbonyl (C=O) groups excluding carboxylic acids is 1. The van der Waals surface area contributed by atoms with Crippen molar-refractivity contribution in [2.45, 2.75) is 60.0 Å². The van der Waals surface area contributed by atoms with Gasteiger partial charge >= 0.3 is 5.97 Å². The summed E-state index contributed by atoms with van der Waals surface area (Å²) in [4.78, 5) is 10.9. The fraction of sp³-hybridized carbons (Fsp3) is 0.542. The quantitative estimate of drug-likeness (QED) is 0.404. The van der Waals surface area contributed by atoms with Crippen molar-refractivity contribution in [1.82, 2.24) is 0 Å². The lowest BCUT2D eigenvalue weighted by Gasteiger charge is -2.41. The average molecular weight is 371 g/mol. The van der Waals surface area contributed by atoms with Gasteiger partial charge in [-0.3, -0.25) is 4.79 Å². The predicted octanol–water partition coefficient (Wildman–Crippen LogP) is 5.86. The molecule has 27 heavy (non-hydrogen) atoms. The van der Waals surface area contributed by atoms with Gasteiger partial charge in [-0.05, 0) is 56.1 Å². The number of hydrogen-bond acceptors (Lipinski definition) is 3. The van der Waals surface area contributed by atoms with Gasteiger partial charge in [0, 0.05) is 12.8 Å². The Hall–Kier alpha value is -1.87. The van der Waals surface area contributed by atoms with Crippen molar-refractivity contribution in [3.63, 3.8) is 0 Å². The van der Waals surface area contributed by atoms with Gasteiger partial charge in [0.25, 0.3) is 0 Å². The predicted molar refractivity (Wildman–Crippen MR) is 110 cm³/mol. The number of allylic oxidation sites excluding steroid dienone is 2. The molecule has 1 aliphatic carbocycles. The van der Waals surface area contributed by atoms with E-state index in [9.17, 15) is 4.79 Å². The van der Waals surface area contributed by atoms with E-state index in [1.807, 2.05) is 13.0 Å². The van der Waals surface area contributed by atoms with E-state index in [0.29, 0.717) is 19.1 Å². The number of carbonyl (C=O) groups is 1. The summed E-state index contributed by atoms with van der Waals surface area (Å²) < 4.78 is 11.2. The Morgan fingerprint density at radius 1 is 1.26 bits per heavy atom. The summed E-state index contributed by atoms with van der Waals surface area (Å²) in [5.74, 6) is 0.232. The number of rotatable bonds is 9. The SMILES string of the molecule is CC(=O)OC/C(C)=C/CC[C@]1(C)CCC=C(C)[C@H]1COCc1ccccc1. The van der Waals surface area contributed by atoms with Crippen LogP contribution in [0.2, 0.25) is 0 Å². The lowest BCUT2D eigenvalue weighted by Crippen LogP contribution is -2.34. The van der Waals surface area contributed by atoms with E-state index in [1.165, 1.54) is 24.5 Å². The summed E-state index contributed by atoms with van der Waals surface area (Å²) in [5, 5.41) is 0. The van der Waals surface area contributed by atoms with Crippen molar-refractivity contribution >= 4 is 5.97 Å². The molecule has 0 spiro atoms. The summed E-state index contributed by atoms with van der Waals surface area (Å²) in [5.41, 5.74) is 4.04. The summed E-state index contributed by atoms with van der Waals surface area (Å²) in [6, 6.07) is 10.4. The third-order valence-corrected chi connectivity index (χ3v) is 5.68. The second-order valence-electron chi connectivity index (χ2n) is 8.06. The van der Waals surface area contributed by atoms with Crippen LogP contribution in [-0.4, -0.2) is 19.2 Å². The largest absolute Gasteiger partial charge is 0.461 e. The maximum atomic E-state index is 10.9. The summed E-state index contributed by atoms with van der Waals surface area (Å²) in [6.07, 6.45) is 9.05. The first-order chi connectivity index (χ1) is 12.9. The lowest BCUT2D eigenvalue weighted by molar-refractivity contribution is -0.139. The van der Waals surface area contributed by atoms with Crippen LogP contribution in [-0.2, 0) is 20.9 Å². The first-order valence-corrected chi connectivity index (χ1v) is 9.98. The van der Waals surface area contributed by atoms with Crippen molar-refractivity contribution in [3.05, 3.63) is 59.2 Å². The molecule has 0 bridgehead atoms. The minimum atomic E-state index is -0.224. The fourth-order valence-electron chi connectivity index (χ4n) is 3.92. The maximum Gasteiger partial charge on any atom is 0.302 e. The Bertz CT molecular complexity index is 659. The van der Waals surface area contributed by atoms with Gasteiger partial charge in [0.2, 0.25) is 0 Å². The van der Waals surface area contributed by atoms with Gasteiger partial charge in [0.05, 0.1) is 13.2 Å². The third-order valence-electron chi connectivity index (χ3n) is 5.68. The molecule has 3 nitrogen and oxygen atoms in total. The van der Waals surface area contributed by atoms with Crippen LogP contribution in [0.3, 0.4) is 0 Å². The van der Waals surface area contributed by atoms with E-state index >= 15 is 0 Å². The topological polar surface area (TPSA) is 35.5 Å². The number of ether oxygens (including phenoxy) is 2. The second-order valence-corrected chi connectivity index (χ2v) is 8.06. The van der Waals surface area contributed by atoms with Crippen LogP contribution in [0.5, 0.6) is 0 Å². The minimum Gasteiger partial charge on any atom is -0.461 e. The molecule has 0 saturated carbocycles. The molecule has 0 aromatic heterocycles. The Labute approximate surface area is 164 Å². The monoisotopic (exact) mass is 370 g/mol. The van der Waals surface area contributed by atoms with E-state index < -0.39 is 0 Å². The molecular weight excluding hydrogens is 336 g/mol.